The second-order valence-electron chi connectivity index (χ2n) is 9.79. The lowest BCUT2D eigenvalue weighted by molar-refractivity contribution is 0.281. The molecular weight excluding hydrogens is 356 g/mol. The number of fused-ring (bicyclic) bond motifs is 1. The maximum Gasteiger partial charge on any atom is 0.123 e. The van der Waals surface area contributed by atoms with E-state index in [2.05, 4.69) is 79.9 Å². The Hall–Kier alpha value is -1.84. The Kier molecular flexibility index (Phi) is 5.98. The molecule has 0 radical (unpaired) electrons. The summed E-state index contributed by atoms with van der Waals surface area (Å²) < 4.78 is 5.69. The Balaban J connectivity index is 1.58. The highest BCUT2D eigenvalue weighted by Gasteiger charge is 2.43. The van der Waals surface area contributed by atoms with Gasteiger partial charge in [0.25, 0.3) is 0 Å². The number of ether oxygens (including phenoxy) is 1. The predicted molar refractivity (Wildman–Crippen MR) is 120 cm³/mol. The van der Waals surface area contributed by atoms with Crippen LogP contribution in [-0.4, -0.2) is 19.2 Å². The molecule has 4 rings (SSSR count). The number of rotatable bonds is 5. The van der Waals surface area contributed by atoms with Crippen LogP contribution >= 0.6 is 0 Å². The molecule has 29 heavy (non-hydrogen) atoms. The van der Waals surface area contributed by atoms with Gasteiger partial charge >= 0.3 is 0 Å². The third-order valence-corrected chi connectivity index (χ3v) is 6.87. The summed E-state index contributed by atoms with van der Waals surface area (Å²) in [5.41, 5.74) is 4.15. The van der Waals surface area contributed by atoms with E-state index in [1.54, 1.807) is 7.11 Å². The summed E-state index contributed by atoms with van der Waals surface area (Å²) in [6, 6.07) is 19.1. The molecule has 2 aromatic carbocycles. The summed E-state index contributed by atoms with van der Waals surface area (Å²) in [5.74, 6) is 1.68. The topological polar surface area (TPSA) is 33.3 Å². The number of hydrogen-bond donors (Lipinski definition) is 2. The van der Waals surface area contributed by atoms with Gasteiger partial charge in [0.15, 0.2) is 0 Å². The van der Waals surface area contributed by atoms with Gasteiger partial charge in [0.1, 0.15) is 5.75 Å². The van der Waals surface area contributed by atoms with Crippen LogP contribution in [0.4, 0.5) is 0 Å². The molecule has 2 aromatic rings. The Bertz CT molecular complexity index is 811. The highest BCUT2D eigenvalue weighted by molar-refractivity contribution is 5.40. The molecule has 0 bridgehead atoms. The van der Waals surface area contributed by atoms with Gasteiger partial charge in [0, 0.05) is 30.2 Å². The Morgan fingerprint density at radius 3 is 2.52 bits per heavy atom. The Labute approximate surface area is 176 Å². The van der Waals surface area contributed by atoms with E-state index in [0.29, 0.717) is 24.0 Å². The van der Waals surface area contributed by atoms with Gasteiger partial charge in [-0.1, -0.05) is 76.1 Å². The van der Waals surface area contributed by atoms with Crippen LogP contribution in [0.25, 0.3) is 0 Å². The minimum atomic E-state index is 0.136. The van der Waals surface area contributed by atoms with Crippen molar-refractivity contribution in [3.63, 3.8) is 0 Å². The van der Waals surface area contributed by atoms with E-state index in [1.807, 2.05) is 0 Å². The fourth-order valence-electron chi connectivity index (χ4n) is 5.22. The molecular formula is C26H36N2O. The Morgan fingerprint density at radius 1 is 1.03 bits per heavy atom. The molecule has 0 amide bonds. The first-order chi connectivity index (χ1) is 14.0. The molecule has 156 valence electrons. The predicted octanol–water partition coefficient (Wildman–Crippen LogP) is 5.35. The number of methoxy groups -OCH3 is 1. The first kappa shape index (κ1) is 20.4. The highest BCUT2D eigenvalue weighted by Crippen LogP contribution is 2.40. The fraction of sp³-hybridized carbons (Fsp3) is 0.538. The third kappa shape index (κ3) is 4.36. The van der Waals surface area contributed by atoms with Crippen molar-refractivity contribution < 1.29 is 4.74 Å². The van der Waals surface area contributed by atoms with Crippen molar-refractivity contribution in [3.8, 4) is 5.75 Å². The van der Waals surface area contributed by atoms with Crippen LogP contribution in [0.15, 0.2) is 48.5 Å². The van der Waals surface area contributed by atoms with E-state index in [-0.39, 0.29) is 5.41 Å². The van der Waals surface area contributed by atoms with Gasteiger partial charge in [0.05, 0.1) is 7.11 Å². The number of benzene rings is 2. The van der Waals surface area contributed by atoms with Gasteiger partial charge in [0.2, 0.25) is 0 Å². The summed E-state index contributed by atoms with van der Waals surface area (Å²) in [7, 11) is 1.77. The molecule has 4 atom stereocenters. The first-order valence-corrected chi connectivity index (χ1v) is 11.2. The van der Waals surface area contributed by atoms with Crippen molar-refractivity contribution in [3.05, 3.63) is 65.2 Å². The van der Waals surface area contributed by atoms with Crippen LogP contribution in [0.5, 0.6) is 5.75 Å². The van der Waals surface area contributed by atoms with Crippen molar-refractivity contribution >= 4 is 0 Å². The molecule has 1 aliphatic heterocycles. The zero-order valence-corrected chi connectivity index (χ0v) is 18.4. The van der Waals surface area contributed by atoms with Crippen LogP contribution in [0.3, 0.4) is 0 Å². The fourth-order valence-corrected chi connectivity index (χ4v) is 5.22. The molecule has 3 nitrogen and oxygen atoms in total. The molecule has 2 aliphatic rings. The molecule has 1 saturated heterocycles. The van der Waals surface area contributed by atoms with Crippen LogP contribution < -0.4 is 15.4 Å². The summed E-state index contributed by atoms with van der Waals surface area (Å²) >= 11 is 0. The zero-order chi connectivity index (χ0) is 20.4. The second-order valence-corrected chi connectivity index (χ2v) is 9.79. The summed E-state index contributed by atoms with van der Waals surface area (Å²) in [6.45, 7) is 7.65. The van der Waals surface area contributed by atoms with Crippen LogP contribution in [-0.2, 0) is 12.0 Å². The minimum Gasteiger partial charge on any atom is -0.496 e. The third-order valence-electron chi connectivity index (χ3n) is 6.87. The molecule has 1 aliphatic carbocycles. The smallest absolute Gasteiger partial charge is 0.123 e. The van der Waals surface area contributed by atoms with Gasteiger partial charge in [-0.15, -0.1) is 0 Å². The van der Waals surface area contributed by atoms with Gasteiger partial charge in [-0.2, -0.15) is 0 Å². The van der Waals surface area contributed by atoms with Gasteiger partial charge in [-0.05, 0) is 41.4 Å². The molecule has 0 spiro atoms. The van der Waals surface area contributed by atoms with E-state index in [4.69, 9.17) is 4.74 Å². The zero-order valence-electron chi connectivity index (χ0n) is 18.4. The van der Waals surface area contributed by atoms with Crippen LogP contribution in [0, 0.1) is 5.92 Å². The normalized spacial score (nSPS) is 26.9. The standard InChI is InChI=1S/C26H36N2O/c1-26(2,3)20-14-15-23(29-4)19(16-20)17-27-25-21-12-8-9-13-22(21)28-24(25)18-10-6-5-7-11-18/h5-7,10-11,14-16,21-22,24-25,27-28H,8-9,12-13,17H2,1-4H3. The molecule has 0 aromatic heterocycles. The lowest BCUT2D eigenvalue weighted by Gasteiger charge is -2.30. The average molecular weight is 393 g/mol. The van der Waals surface area contributed by atoms with E-state index in [0.717, 1.165) is 12.3 Å². The van der Waals surface area contributed by atoms with E-state index >= 15 is 0 Å². The SMILES string of the molecule is COc1ccc(C(C)(C)C)cc1CNC1C(c2ccccc2)NC2CCCCC21. The molecule has 1 saturated carbocycles. The van der Waals surface area contributed by atoms with Crippen LogP contribution in [0.1, 0.15) is 69.2 Å². The van der Waals surface area contributed by atoms with Crippen molar-refractivity contribution in [2.75, 3.05) is 7.11 Å². The van der Waals surface area contributed by atoms with Crippen molar-refractivity contribution in [2.45, 2.75) is 76.5 Å². The lowest BCUT2D eigenvalue weighted by atomic mass is 9.81. The maximum absolute atomic E-state index is 5.69. The quantitative estimate of drug-likeness (QED) is 0.719. The molecule has 1 heterocycles. The minimum absolute atomic E-state index is 0.136. The summed E-state index contributed by atoms with van der Waals surface area (Å²) in [6.07, 6.45) is 5.32. The summed E-state index contributed by atoms with van der Waals surface area (Å²) in [5, 5.41) is 7.92. The highest BCUT2D eigenvalue weighted by atomic mass is 16.5. The van der Waals surface area contributed by atoms with Gasteiger partial charge in [-0.3, -0.25) is 0 Å². The largest absolute Gasteiger partial charge is 0.496 e. The van der Waals surface area contributed by atoms with Crippen LogP contribution in [0.2, 0.25) is 0 Å². The van der Waals surface area contributed by atoms with E-state index in [9.17, 15) is 0 Å². The van der Waals surface area contributed by atoms with Gasteiger partial charge < -0.3 is 15.4 Å². The monoisotopic (exact) mass is 392 g/mol. The van der Waals surface area contributed by atoms with Gasteiger partial charge in [-0.25, -0.2) is 0 Å². The maximum atomic E-state index is 5.69. The Morgan fingerprint density at radius 2 is 1.79 bits per heavy atom. The number of nitrogens with one attached hydrogen (secondary N) is 2. The first-order valence-electron chi connectivity index (χ1n) is 11.2. The van der Waals surface area contributed by atoms with Crippen molar-refractivity contribution in [1.82, 2.24) is 10.6 Å². The number of hydrogen-bond acceptors (Lipinski definition) is 3. The second kappa shape index (κ2) is 8.49. The molecule has 3 heteroatoms. The molecule has 4 unspecified atom stereocenters. The molecule has 2 N–H and O–H groups in total. The molecule has 2 fully saturated rings. The summed E-state index contributed by atoms with van der Waals surface area (Å²) in [4.78, 5) is 0. The van der Waals surface area contributed by atoms with Crippen molar-refractivity contribution in [1.29, 1.82) is 0 Å². The van der Waals surface area contributed by atoms with E-state index < -0.39 is 0 Å². The lowest BCUT2D eigenvalue weighted by Crippen LogP contribution is -2.39. The van der Waals surface area contributed by atoms with Crippen molar-refractivity contribution in [2.24, 2.45) is 5.92 Å². The van der Waals surface area contributed by atoms with E-state index in [1.165, 1.54) is 42.4 Å². The average Bonchev–Trinajstić information content (AvgIpc) is 3.10.